The number of benzene rings is 8. The predicted octanol–water partition coefficient (Wildman–Crippen LogP) is 14.9. The highest BCUT2D eigenvalue weighted by Crippen LogP contribution is 2.43. The predicted molar refractivity (Wildman–Crippen MR) is 254 cm³/mol. The minimum atomic E-state index is -0.0487. The number of hydrogen-bond acceptors (Lipinski definition) is 4. The van der Waals surface area contributed by atoms with E-state index in [-0.39, 0.29) is 11.5 Å². The molecule has 0 spiro atoms. The van der Waals surface area contributed by atoms with Gasteiger partial charge in [-0.2, -0.15) is 0 Å². The van der Waals surface area contributed by atoms with Crippen LogP contribution >= 0.6 is 0 Å². The van der Waals surface area contributed by atoms with Crippen LogP contribution in [-0.4, -0.2) is 22.6 Å². The van der Waals surface area contributed by atoms with E-state index in [1.807, 2.05) is 24.3 Å². The lowest BCUT2D eigenvalue weighted by Crippen LogP contribution is -1.92. The highest BCUT2D eigenvalue weighted by Gasteiger charge is 2.17. The van der Waals surface area contributed by atoms with Crippen molar-refractivity contribution in [1.29, 1.82) is 0 Å². The molecule has 0 radical (unpaired) electrons. The number of phenolic OH excluding ortho intramolecular Hbond substituents is 2. The first-order valence-electron chi connectivity index (χ1n) is 20.5. The van der Waals surface area contributed by atoms with Gasteiger partial charge in [0.15, 0.2) is 0 Å². The highest BCUT2D eigenvalue weighted by molar-refractivity contribution is 6.06. The average molecular weight is 783 g/mol. The van der Waals surface area contributed by atoms with Gasteiger partial charge in [-0.15, -0.1) is 0 Å². The Kier molecular flexibility index (Phi) is 10.8. The Morgan fingerprint density at radius 2 is 0.617 bits per heavy atom. The largest absolute Gasteiger partial charge is 0.506 e. The van der Waals surface area contributed by atoms with Crippen molar-refractivity contribution >= 4 is 34.6 Å². The number of fused-ring (bicyclic) bond motifs is 1. The molecule has 0 amide bonds. The molecular weight excluding hydrogens is 733 g/mol. The fraction of sp³-hybridized carbons (Fsp3) is 0.143. The fourth-order valence-corrected chi connectivity index (χ4v) is 8.71. The first kappa shape index (κ1) is 39.8. The maximum Gasteiger partial charge on any atom is 0.135 e. The zero-order valence-electron chi connectivity index (χ0n) is 35.6. The van der Waals surface area contributed by atoms with E-state index in [0.717, 1.165) is 55.9 Å². The smallest absolute Gasteiger partial charge is 0.135 e. The minimum Gasteiger partial charge on any atom is -0.506 e. The van der Waals surface area contributed by atoms with Crippen LogP contribution in [0.5, 0.6) is 11.5 Å². The van der Waals surface area contributed by atoms with Crippen LogP contribution in [0.25, 0.3) is 55.3 Å². The van der Waals surface area contributed by atoms with E-state index in [9.17, 15) is 10.2 Å². The molecule has 0 bridgehead atoms. The molecule has 0 heterocycles. The number of aryl methyl sites for hydroxylation is 8. The summed E-state index contributed by atoms with van der Waals surface area (Å²) < 4.78 is 0. The third-order valence-electron chi connectivity index (χ3n) is 11.1. The second-order valence-corrected chi connectivity index (χ2v) is 16.5. The number of nitrogens with zero attached hydrogens (tertiary/aromatic N) is 2. The zero-order chi connectivity index (χ0) is 42.2. The summed E-state index contributed by atoms with van der Waals surface area (Å²) >= 11 is 0. The molecule has 4 nitrogen and oxygen atoms in total. The van der Waals surface area contributed by atoms with Gasteiger partial charge in [-0.25, -0.2) is 0 Å². The third-order valence-corrected chi connectivity index (χ3v) is 11.1. The Labute approximate surface area is 353 Å². The molecular formula is C56H50N2O2. The van der Waals surface area contributed by atoms with Crippen LogP contribution in [0.1, 0.15) is 55.6 Å². The lowest BCUT2D eigenvalue weighted by Gasteiger charge is -2.15. The molecule has 0 atom stereocenters. The normalized spacial score (nSPS) is 11.7. The maximum absolute atomic E-state index is 11.9. The van der Waals surface area contributed by atoms with Crippen LogP contribution in [0, 0.1) is 55.4 Å². The summed E-state index contributed by atoms with van der Waals surface area (Å²) in [6, 6.07) is 46.3. The Hall–Kier alpha value is -7.04. The molecule has 0 fully saturated rings. The summed E-state index contributed by atoms with van der Waals surface area (Å²) in [4.78, 5) is 10.3. The molecule has 60 heavy (non-hydrogen) atoms. The van der Waals surface area contributed by atoms with Crippen molar-refractivity contribution in [2.24, 2.45) is 9.98 Å². The molecule has 0 aliphatic rings. The lowest BCUT2D eigenvalue weighted by molar-refractivity contribution is 0.463. The second kappa shape index (κ2) is 16.3. The Morgan fingerprint density at radius 1 is 0.350 bits per heavy atom. The van der Waals surface area contributed by atoms with Gasteiger partial charge in [0.05, 0.1) is 16.8 Å². The van der Waals surface area contributed by atoms with E-state index in [0.29, 0.717) is 21.9 Å². The molecule has 0 aliphatic carbocycles. The third kappa shape index (κ3) is 8.15. The molecule has 0 unspecified atom stereocenters. The summed E-state index contributed by atoms with van der Waals surface area (Å²) in [5.41, 5.74) is 20.3. The number of hydrogen-bond donors (Lipinski definition) is 2. The van der Waals surface area contributed by atoms with E-state index < -0.39 is 0 Å². The Bertz CT molecular complexity index is 2620. The molecule has 8 aromatic rings. The summed E-state index contributed by atoms with van der Waals surface area (Å²) in [7, 11) is 0. The van der Waals surface area contributed by atoms with Crippen molar-refractivity contribution in [3.05, 3.63) is 189 Å². The number of para-hydroxylation sites is 2. The summed E-state index contributed by atoms with van der Waals surface area (Å²) in [5.74, 6) is -0.0974. The van der Waals surface area contributed by atoms with Gasteiger partial charge in [-0.1, -0.05) is 166 Å². The van der Waals surface area contributed by atoms with E-state index in [1.165, 1.54) is 44.5 Å². The molecule has 0 saturated carbocycles. The van der Waals surface area contributed by atoms with Gasteiger partial charge in [-0.05, 0) is 95.2 Å². The number of rotatable bonds is 8. The SMILES string of the molecule is Cc1cc(C)cc(-c2cccc(-c3cc(C)cc(C)c3)c2N=Cc2ccc3ccc(C=Nc4c(-c5cc(C)cc(C)c5)cccc4-c4cc(C)cc(C)c4)c(O)c3c2O)c1. The van der Waals surface area contributed by atoms with E-state index in [2.05, 4.69) is 165 Å². The monoisotopic (exact) mass is 782 g/mol. The van der Waals surface area contributed by atoms with Gasteiger partial charge in [0.2, 0.25) is 0 Å². The lowest BCUT2D eigenvalue weighted by atomic mass is 9.93. The molecule has 4 heteroatoms. The number of phenols is 2. The van der Waals surface area contributed by atoms with Gasteiger partial charge >= 0.3 is 0 Å². The van der Waals surface area contributed by atoms with Crippen molar-refractivity contribution in [2.45, 2.75) is 55.4 Å². The summed E-state index contributed by atoms with van der Waals surface area (Å²) in [6.07, 6.45) is 3.41. The van der Waals surface area contributed by atoms with Crippen LogP contribution in [0.2, 0.25) is 0 Å². The first-order valence-corrected chi connectivity index (χ1v) is 20.5. The minimum absolute atomic E-state index is 0.0487. The Morgan fingerprint density at radius 3 is 0.883 bits per heavy atom. The fourth-order valence-electron chi connectivity index (χ4n) is 8.71. The van der Waals surface area contributed by atoms with Crippen molar-refractivity contribution in [3.8, 4) is 56.0 Å². The zero-order valence-corrected chi connectivity index (χ0v) is 35.6. The van der Waals surface area contributed by atoms with Crippen LogP contribution in [0.3, 0.4) is 0 Å². The highest BCUT2D eigenvalue weighted by atomic mass is 16.3. The van der Waals surface area contributed by atoms with Crippen LogP contribution in [0.15, 0.2) is 143 Å². The molecule has 2 N–H and O–H groups in total. The van der Waals surface area contributed by atoms with Crippen LogP contribution in [-0.2, 0) is 0 Å². The van der Waals surface area contributed by atoms with Gasteiger partial charge < -0.3 is 10.2 Å². The standard InChI is InChI=1S/C56H50N2O2/c1-33-19-34(2)24-44(23-33)48-11-9-12-49(45-25-35(3)20-36(4)26-45)53(48)57-31-42-17-15-41-16-18-43(56(60)52(41)55(42)59)32-58-54-50(46-27-37(5)21-38(6)28-46)13-10-14-51(54)47-29-39(7)22-40(8)30-47/h9-32,59-60H,1-8H3. The molecule has 8 aromatic carbocycles. The van der Waals surface area contributed by atoms with Crippen molar-refractivity contribution < 1.29 is 10.2 Å². The molecule has 0 aromatic heterocycles. The summed E-state index contributed by atoms with van der Waals surface area (Å²) in [6.45, 7) is 16.9. The summed E-state index contributed by atoms with van der Waals surface area (Å²) in [5, 5.41) is 24.9. The van der Waals surface area contributed by atoms with Crippen molar-refractivity contribution in [1.82, 2.24) is 0 Å². The molecule has 0 saturated heterocycles. The van der Waals surface area contributed by atoms with E-state index in [4.69, 9.17) is 9.98 Å². The van der Waals surface area contributed by atoms with Crippen LogP contribution < -0.4 is 0 Å². The van der Waals surface area contributed by atoms with Crippen molar-refractivity contribution in [3.63, 3.8) is 0 Å². The molecule has 296 valence electrons. The quantitative estimate of drug-likeness (QED) is 0.151. The van der Waals surface area contributed by atoms with E-state index >= 15 is 0 Å². The van der Waals surface area contributed by atoms with Gasteiger partial charge in [0.1, 0.15) is 11.5 Å². The molecule has 8 rings (SSSR count). The first-order chi connectivity index (χ1) is 28.8. The van der Waals surface area contributed by atoms with Gasteiger partial charge in [0, 0.05) is 45.8 Å². The van der Waals surface area contributed by atoms with Crippen molar-refractivity contribution in [2.75, 3.05) is 0 Å². The maximum atomic E-state index is 11.9. The van der Waals surface area contributed by atoms with Crippen LogP contribution in [0.4, 0.5) is 11.4 Å². The second-order valence-electron chi connectivity index (χ2n) is 16.5. The average Bonchev–Trinajstić information content (AvgIpc) is 3.18. The van der Waals surface area contributed by atoms with E-state index in [1.54, 1.807) is 12.4 Å². The molecule has 0 aliphatic heterocycles. The van der Waals surface area contributed by atoms with Gasteiger partial charge in [0.25, 0.3) is 0 Å². The topological polar surface area (TPSA) is 65.2 Å². The number of aliphatic imine (C=N–C) groups is 2. The van der Waals surface area contributed by atoms with Gasteiger partial charge in [-0.3, -0.25) is 9.98 Å². The Balaban J connectivity index is 1.25. The number of aromatic hydroxyl groups is 2.